The van der Waals surface area contributed by atoms with Crippen molar-refractivity contribution in [1.82, 2.24) is 9.97 Å². The molecule has 0 spiro atoms. The van der Waals surface area contributed by atoms with Gasteiger partial charge in [-0.1, -0.05) is 17.7 Å². The minimum absolute atomic E-state index is 0.0706. The molecule has 1 aliphatic rings. The molecule has 1 N–H and O–H groups in total. The van der Waals surface area contributed by atoms with Crippen LogP contribution < -0.4 is 10.1 Å². The van der Waals surface area contributed by atoms with Crippen LogP contribution in [0.15, 0.2) is 36.5 Å². The van der Waals surface area contributed by atoms with Crippen molar-refractivity contribution in [3.8, 4) is 11.8 Å². The SMILES string of the molecule is CC1=CC(C)(C)Nc2ccc(Oc3ccc(Cl)cn3)nc21. The number of hydrogen-bond donors (Lipinski definition) is 1. The van der Waals surface area contributed by atoms with E-state index in [4.69, 9.17) is 16.3 Å². The lowest BCUT2D eigenvalue weighted by atomic mass is 9.94. The predicted octanol–water partition coefficient (Wildman–Crippen LogP) is 4.53. The summed E-state index contributed by atoms with van der Waals surface area (Å²) in [4.78, 5) is 8.65. The number of aromatic nitrogens is 2. The Balaban J connectivity index is 1.90. The molecule has 0 saturated carbocycles. The van der Waals surface area contributed by atoms with E-state index in [1.807, 2.05) is 12.1 Å². The third-order valence-corrected chi connectivity index (χ3v) is 3.41. The number of pyridine rings is 2. The Morgan fingerprint density at radius 2 is 1.90 bits per heavy atom. The zero-order valence-corrected chi connectivity index (χ0v) is 12.9. The van der Waals surface area contributed by atoms with Gasteiger partial charge >= 0.3 is 0 Å². The van der Waals surface area contributed by atoms with Gasteiger partial charge in [-0.15, -0.1) is 0 Å². The van der Waals surface area contributed by atoms with Gasteiger partial charge in [0, 0.05) is 18.3 Å². The van der Waals surface area contributed by atoms with E-state index in [2.05, 4.69) is 42.1 Å². The molecule has 0 bridgehead atoms. The predicted molar refractivity (Wildman–Crippen MR) is 84.9 cm³/mol. The number of hydrogen-bond acceptors (Lipinski definition) is 4. The van der Waals surface area contributed by atoms with Crippen molar-refractivity contribution < 1.29 is 4.74 Å². The number of halogens is 1. The van der Waals surface area contributed by atoms with E-state index < -0.39 is 0 Å². The Bertz CT molecular complexity index is 708. The monoisotopic (exact) mass is 301 g/mol. The van der Waals surface area contributed by atoms with E-state index in [9.17, 15) is 0 Å². The molecule has 5 heteroatoms. The molecule has 0 aliphatic carbocycles. The van der Waals surface area contributed by atoms with Crippen molar-refractivity contribution >= 4 is 22.9 Å². The molecule has 0 fully saturated rings. The lowest BCUT2D eigenvalue weighted by Crippen LogP contribution is -2.31. The first-order chi connectivity index (χ1) is 9.93. The lowest BCUT2D eigenvalue weighted by Gasteiger charge is -2.30. The summed E-state index contributed by atoms with van der Waals surface area (Å²) in [5.41, 5.74) is 2.97. The fourth-order valence-corrected chi connectivity index (χ4v) is 2.53. The zero-order chi connectivity index (χ0) is 15.0. The van der Waals surface area contributed by atoms with Crippen LogP contribution in [0.2, 0.25) is 5.02 Å². The summed E-state index contributed by atoms with van der Waals surface area (Å²) in [5, 5.41) is 4.01. The third-order valence-electron chi connectivity index (χ3n) is 3.19. The number of ether oxygens (including phenoxy) is 1. The van der Waals surface area contributed by atoms with Gasteiger partial charge in [0.25, 0.3) is 0 Å². The summed E-state index contributed by atoms with van der Waals surface area (Å²) >= 11 is 5.81. The van der Waals surface area contributed by atoms with Crippen LogP contribution in [-0.4, -0.2) is 15.5 Å². The Morgan fingerprint density at radius 3 is 2.62 bits per heavy atom. The van der Waals surface area contributed by atoms with Crippen molar-refractivity contribution in [3.63, 3.8) is 0 Å². The van der Waals surface area contributed by atoms with Crippen LogP contribution in [0.3, 0.4) is 0 Å². The maximum atomic E-state index is 5.81. The molecule has 0 unspecified atom stereocenters. The van der Waals surface area contributed by atoms with Crippen molar-refractivity contribution in [2.75, 3.05) is 5.32 Å². The molecule has 3 heterocycles. The number of allylic oxidation sites excluding steroid dienone is 1. The van der Waals surface area contributed by atoms with Gasteiger partial charge in [0.15, 0.2) is 0 Å². The Morgan fingerprint density at radius 1 is 1.14 bits per heavy atom. The smallest absolute Gasteiger partial charge is 0.221 e. The lowest BCUT2D eigenvalue weighted by molar-refractivity contribution is 0.444. The van der Waals surface area contributed by atoms with Crippen molar-refractivity contribution in [2.45, 2.75) is 26.3 Å². The van der Waals surface area contributed by atoms with Gasteiger partial charge < -0.3 is 10.1 Å². The molecule has 0 atom stereocenters. The highest BCUT2D eigenvalue weighted by molar-refractivity contribution is 6.30. The number of nitrogens with zero attached hydrogens (tertiary/aromatic N) is 2. The van der Waals surface area contributed by atoms with E-state index in [0.717, 1.165) is 17.0 Å². The largest absolute Gasteiger partial charge is 0.421 e. The van der Waals surface area contributed by atoms with E-state index >= 15 is 0 Å². The minimum atomic E-state index is -0.0706. The van der Waals surface area contributed by atoms with E-state index in [1.165, 1.54) is 0 Å². The van der Waals surface area contributed by atoms with Crippen LogP contribution in [-0.2, 0) is 0 Å². The average molecular weight is 302 g/mol. The minimum Gasteiger partial charge on any atom is -0.421 e. The summed E-state index contributed by atoms with van der Waals surface area (Å²) in [5.74, 6) is 0.982. The number of nitrogens with one attached hydrogen (secondary N) is 1. The third kappa shape index (κ3) is 3.00. The van der Waals surface area contributed by atoms with E-state index in [0.29, 0.717) is 16.8 Å². The number of fused-ring (bicyclic) bond motifs is 1. The molecular weight excluding hydrogens is 286 g/mol. The van der Waals surface area contributed by atoms with Gasteiger partial charge in [-0.05, 0) is 38.5 Å². The van der Waals surface area contributed by atoms with Gasteiger partial charge in [0.1, 0.15) is 0 Å². The molecule has 21 heavy (non-hydrogen) atoms. The van der Waals surface area contributed by atoms with Crippen molar-refractivity contribution in [2.24, 2.45) is 0 Å². The van der Waals surface area contributed by atoms with Crippen LogP contribution in [0.5, 0.6) is 11.8 Å². The quantitative estimate of drug-likeness (QED) is 0.885. The standard InChI is InChI=1S/C16H16ClN3O/c1-10-8-16(2,3)20-12-5-7-14(19-15(10)12)21-13-6-4-11(17)9-18-13/h4-9,20H,1-3H3. The zero-order valence-electron chi connectivity index (χ0n) is 12.1. The highest BCUT2D eigenvalue weighted by Gasteiger charge is 2.23. The number of anilines is 1. The van der Waals surface area contributed by atoms with Crippen LogP contribution in [0, 0.1) is 0 Å². The van der Waals surface area contributed by atoms with Crippen molar-refractivity contribution in [3.05, 3.63) is 47.3 Å². The normalized spacial score (nSPS) is 15.7. The van der Waals surface area contributed by atoms with Gasteiger partial charge in [-0.3, -0.25) is 0 Å². The summed E-state index contributed by atoms with van der Waals surface area (Å²) in [6.07, 6.45) is 3.71. The van der Waals surface area contributed by atoms with Gasteiger partial charge in [-0.2, -0.15) is 0 Å². The summed E-state index contributed by atoms with van der Waals surface area (Å²) in [6, 6.07) is 7.26. The molecule has 2 aromatic heterocycles. The highest BCUT2D eigenvalue weighted by atomic mass is 35.5. The van der Waals surface area contributed by atoms with Crippen LogP contribution >= 0.6 is 11.6 Å². The highest BCUT2D eigenvalue weighted by Crippen LogP contribution is 2.34. The van der Waals surface area contributed by atoms with Crippen LogP contribution in [0.4, 0.5) is 5.69 Å². The molecule has 0 radical (unpaired) electrons. The first kappa shape index (κ1) is 13.9. The first-order valence-corrected chi connectivity index (χ1v) is 7.09. The van der Waals surface area contributed by atoms with E-state index in [1.54, 1.807) is 18.3 Å². The first-order valence-electron chi connectivity index (χ1n) is 6.71. The Hall–Kier alpha value is -2.07. The topological polar surface area (TPSA) is 47.0 Å². The molecular formula is C16H16ClN3O. The maximum absolute atomic E-state index is 5.81. The van der Waals surface area contributed by atoms with Gasteiger partial charge in [-0.25, -0.2) is 9.97 Å². The molecule has 1 aliphatic heterocycles. The molecule has 0 aromatic carbocycles. The van der Waals surface area contributed by atoms with Crippen LogP contribution in [0.1, 0.15) is 26.5 Å². The fraction of sp³-hybridized carbons (Fsp3) is 0.250. The Kier molecular flexibility index (Phi) is 3.33. The summed E-state index contributed by atoms with van der Waals surface area (Å²) in [6.45, 7) is 6.31. The van der Waals surface area contributed by atoms with Crippen molar-refractivity contribution in [1.29, 1.82) is 0 Å². The Labute approximate surface area is 128 Å². The fourth-order valence-electron chi connectivity index (χ4n) is 2.42. The van der Waals surface area contributed by atoms with Gasteiger partial charge in [0.2, 0.25) is 11.8 Å². The molecule has 3 rings (SSSR count). The second-order valence-electron chi connectivity index (χ2n) is 5.64. The molecule has 2 aromatic rings. The second-order valence-corrected chi connectivity index (χ2v) is 6.07. The molecule has 108 valence electrons. The number of rotatable bonds is 2. The second kappa shape index (κ2) is 5.04. The summed E-state index contributed by atoms with van der Waals surface area (Å²) in [7, 11) is 0. The molecule has 0 saturated heterocycles. The molecule has 0 amide bonds. The summed E-state index contributed by atoms with van der Waals surface area (Å²) < 4.78 is 5.66. The van der Waals surface area contributed by atoms with E-state index in [-0.39, 0.29) is 5.54 Å². The maximum Gasteiger partial charge on any atom is 0.221 e. The average Bonchev–Trinajstić information content (AvgIpc) is 2.41. The molecule has 4 nitrogen and oxygen atoms in total. The van der Waals surface area contributed by atoms with Gasteiger partial charge in [0.05, 0.1) is 21.9 Å². The van der Waals surface area contributed by atoms with Crippen LogP contribution in [0.25, 0.3) is 5.57 Å².